The Morgan fingerprint density at radius 3 is 1.67 bits per heavy atom. The van der Waals surface area contributed by atoms with Gasteiger partial charge in [0.25, 0.3) is 0 Å². The SMILES string of the molecule is CC(C)[N](C)[Zr+3]. The fourth-order valence-corrected chi connectivity index (χ4v) is 0. The van der Waals surface area contributed by atoms with Crippen LogP contribution in [0.15, 0.2) is 0 Å². The molecule has 0 saturated carbocycles. The molecule has 0 aliphatic carbocycles. The van der Waals surface area contributed by atoms with Crippen molar-refractivity contribution in [2.45, 2.75) is 19.9 Å². The van der Waals surface area contributed by atoms with E-state index in [1.807, 2.05) is 0 Å². The quantitative estimate of drug-likeness (QED) is 0.552. The zero-order valence-electron chi connectivity index (χ0n) is 4.52. The molecule has 2 heteroatoms. The second-order valence-corrected chi connectivity index (χ2v) is 3.44. The molecule has 32 valence electrons. The minimum atomic E-state index is 0.725. The molecule has 0 fully saturated rings. The Labute approximate surface area is 55.0 Å². The van der Waals surface area contributed by atoms with Gasteiger partial charge in [0, 0.05) is 0 Å². The van der Waals surface area contributed by atoms with Crippen LogP contribution in [-0.4, -0.2) is 15.9 Å². The van der Waals surface area contributed by atoms with Gasteiger partial charge in [-0.3, -0.25) is 0 Å². The van der Waals surface area contributed by atoms with Crippen molar-refractivity contribution in [1.29, 1.82) is 0 Å². The molecule has 0 aliphatic heterocycles. The molecule has 0 heterocycles. The van der Waals surface area contributed by atoms with Crippen LogP contribution in [0.2, 0.25) is 0 Å². The van der Waals surface area contributed by atoms with Crippen LogP contribution in [0.25, 0.3) is 0 Å². The number of nitrogens with zero attached hydrogens (tertiary/aromatic N) is 1. The first-order valence-corrected chi connectivity index (χ1v) is 3.18. The number of hydrogen-bond donors (Lipinski definition) is 0. The Bertz CT molecular complexity index is 28.5. The van der Waals surface area contributed by atoms with Crippen LogP contribution in [0.5, 0.6) is 0 Å². The van der Waals surface area contributed by atoms with Gasteiger partial charge in [-0.2, -0.15) is 0 Å². The summed E-state index contributed by atoms with van der Waals surface area (Å²) < 4.78 is 2.26. The molecule has 1 nitrogen and oxygen atoms in total. The molecule has 0 N–H and O–H groups in total. The van der Waals surface area contributed by atoms with E-state index in [-0.39, 0.29) is 0 Å². The summed E-state index contributed by atoms with van der Waals surface area (Å²) in [7, 11) is 2.11. The Hall–Kier alpha value is 0.843. The fraction of sp³-hybridized carbons (Fsp3) is 1.00. The van der Waals surface area contributed by atoms with E-state index >= 15 is 0 Å². The molecule has 0 spiro atoms. The van der Waals surface area contributed by atoms with Gasteiger partial charge in [-0.25, -0.2) is 0 Å². The first-order valence-electron chi connectivity index (χ1n) is 2.08. The molecule has 0 unspecified atom stereocenters. The van der Waals surface area contributed by atoms with E-state index in [2.05, 4.69) is 23.7 Å². The molecule has 6 heavy (non-hydrogen) atoms. The van der Waals surface area contributed by atoms with Gasteiger partial charge in [0.15, 0.2) is 0 Å². The molecule has 0 aromatic carbocycles. The molecule has 0 radical (unpaired) electrons. The van der Waals surface area contributed by atoms with Crippen LogP contribution in [0.3, 0.4) is 0 Å². The molecular weight excluding hydrogens is 153 g/mol. The Kier molecular flexibility index (Phi) is 3.34. The predicted molar refractivity (Wildman–Crippen MR) is 22.9 cm³/mol. The van der Waals surface area contributed by atoms with Crippen molar-refractivity contribution in [1.82, 2.24) is 2.84 Å². The zero-order valence-corrected chi connectivity index (χ0v) is 6.98. The molecule has 0 aromatic rings. The third kappa shape index (κ3) is 3.05. The summed E-state index contributed by atoms with van der Waals surface area (Å²) in [5.41, 5.74) is 0. The van der Waals surface area contributed by atoms with E-state index in [4.69, 9.17) is 0 Å². The summed E-state index contributed by atoms with van der Waals surface area (Å²) >= 11 is 1.50. The predicted octanol–water partition coefficient (Wildman–Crippen LogP) is 0.788. The van der Waals surface area contributed by atoms with Gasteiger partial charge in [-0.1, -0.05) is 0 Å². The van der Waals surface area contributed by atoms with Gasteiger partial charge in [0.05, 0.1) is 0 Å². The molecule has 0 amide bonds. The van der Waals surface area contributed by atoms with Gasteiger partial charge in [0.2, 0.25) is 0 Å². The van der Waals surface area contributed by atoms with Crippen LogP contribution in [0, 0.1) is 0 Å². The van der Waals surface area contributed by atoms with E-state index in [1.165, 1.54) is 25.0 Å². The van der Waals surface area contributed by atoms with Crippen molar-refractivity contribution in [2.24, 2.45) is 0 Å². The topological polar surface area (TPSA) is 3.24 Å². The van der Waals surface area contributed by atoms with Crippen LogP contribution in [-0.2, 0) is 25.0 Å². The average Bonchev–Trinajstić information content (AvgIpc) is 1.36. The molecular formula is C4H10NZr+3. The van der Waals surface area contributed by atoms with E-state index in [1.54, 1.807) is 0 Å². The molecule has 0 saturated heterocycles. The van der Waals surface area contributed by atoms with E-state index < -0.39 is 0 Å². The third-order valence-electron chi connectivity index (χ3n) is 0.775. The van der Waals surface area contributed by atoms with Gasteiger partial charge in [-0.15, -0.1) is 0 Å². The minimum absolute atomic E-state index is 0.725. The van der Waals surface area contributed by atoms with Crippen molar-refractivity contribution < 1.29 is 25.0 Å². The van der Waals surface area contributed by atoms with Gasteiger partial charge < -0.3 is 0 Å². The zero-order chi connectivity index (χ0) is 5.15. The van der Waals surface area contributed by atoms with E-state index in [9.17, 15) is 0 Å². The van der Waals surface area contributed by atoms with Crippen molar-refractivity contribution in [3.05, 3.63) is 0 Å². The normalized spacial score (nSPS) is 11.2. The van der Waals surface area contributed by atoms with Gasteiger partial charge in [0.1, 0.15) is 0 Å². The van der Waals surface area contributed by atoms with Crippen molar-refractivity contribution in [3.63, 3.8) is 0 Å². The second-order valence-electron chi connectivity index (χ2n) is 1.70. The van der Waals surface area contributed by atoms with Gasteiger partial charge in [-0.05, 0) is 0 Å². The summed E-state index contributed by atoms with van der Waals surface area (Å²) in [6.45, 7) is 4.38. The molecule has 0 atom stereocenters. The first-order chi connectivity index (χ1) is 2.64. The van der Waals surface area contributed by atoms with Crippen molar-refractivity contribution in [2.75, 3.05) is 7.05 Å². The van der Waals surface area contributed by atoms with Crippen LogP contribution in [0.1, 0.15) is 13.8 Å². The Morgan fingerprint density at radius 1 is 1.50 bits per heavy atom. The fourth-order valence-electron chi connectivity index (χ4n) is 0. The molecule has 0 aromatic heterocycles. The number of rotatable bonds is 1. The van der Waals surface area contributed by atoms with Crippen molar-refractivity contribution >= 4 is 0 Å². The van der Waals surface area contributed by atoms with E-state index in [0.717, 1.165) is 6.04 Å². The first kappa shape index (κ1) is 6.84. The second kappa shape index (κ2) is 2.93. The van der Waals surface area contributed by atoms with Crippen LogP contribution in [0.4, 0.5) is 0 Å². The molecule has 0 rings (SSSR count). The molecule has 0 aliphatic rings. The van der Waals surface area contributed by atoms with E-state index in [0.29, 0.717) is 0 Å². The maximum absolute atomic E-state index is 2.26. The van der Waals surface area contributed by atoms with Gasteiger partial charge >= 0.3 is 54.8 Å². The van der Waals surface area contributed by atoms with Crippen LogP contribution >= 0.6 is 0 Å². The van der Waals surface area contributed by atoms with Crippen molar-refractivity contribution in [3.8, 4) is 0 Å². The summed E-state index contributed by atoms with van der Waals surface area (Å²) in [5.74, 6) is 0. The number of hydrogen-bond acceptors (Lipinski definition) is 1. The summed E-state index contributed by atoms with van der Waals surface area (Å²) in [5, 5.41) is 0. The third-order valence-corrected chi connectivity index (χ3v) is 2.04. The Morgan fingerprint density at radius 2 is 1.67 bits per heavy atom. The maximum atomic E-state index is 2.26. The summed E-state index contributed by atoms with van der Waals surface area (Å²) in [4.78, 5) is 0. The Balaban J connectivity index is 2.99. The standard InChI is InChI=1S/C4H10N.Zr/c1-4(2)5-3;/h4H,1-3H3;/q-1;+4. The average molecular weight is 163 g/mol. The summed E-state index contributed by atoms with van der Waals surface area (Å²) in [6.07, 6.45) is 0. The summed E-state index contributed by atoms with van der Waals surface area (Å²) in [6, 6.07) is 0.725. The molecule has 0 bridgehead atoms. The van der Waals surface area contributed by atoms with Crippen LogP contribution < -0.4 is 0 Å². The monoisotopic (exact) mass is 162 g/mol.